The quantitative estimate of drug-likeness (QED) is 0.815. The highest BCUT2D eigenvalue weighted by molar-refractivity contribution is 9.10. The summed E-state index contributed by atoms with van der Waals surface area (Å²) in [6.07, 6.45) is 3.97. The molecule has 0 aromatic heterocycles. The van der Waals surface area contributed by atoms with Crippen LogP contribution in [0.3, 0.4) is 0 Å². The molecular weight excluding hydrogens is 316 g/mol. The van der Waals surface area contributed by atoms with Gasteiger partial charge in [-0.2, -0.15) is 0 Å². The molecule has 1 aromatic carbocycles. The fourth-order valence-corrected chi connectivity index (χ4v) is 3.08. The zero-order chi connectivity index (χ0) is 14.0. The maximum absolute atomic E-state index is 13.8. The van der Waals surface area contributed by atoms with Crippen LogP contribution in [0, 0.1) is 11.6 Å². The largest absolute Gasteiger partial charge is 0.336 e. The van der Waals surface area contributed by atoms with Crippen molar-refractivity contribution in [2.45, 2.75) is 38.6 Å². The fourth-order valence-electron chi connectivity index (χ4n) is 2.67. The van der Waals surface area contributed by atoms with Crippen molar-refractivity contribution in [1.29, 1.82) is 0 Å². The molecule has 0 aliphatic heterocycles. The number of halogens is 3. The van der Waals surface area contributed by atoms with Crippen LogP contribution in [0.2, 0.25) is 0 Å². The van der Waals surface area contributed by atoms with Crippen molar-refractivity contribution in [1.82, 2.24) is 4.90 Å². The van der Waals surface area contributed by atoms with E-state index in [1.165, 1.54) is 0 Å². The Morgan fingerprint density at radius 1 is 1.32 bits per heavy atom. The van der Waals surface area contributed by atoms with E-state index < -0.39 is 23.1 Å². The Kier molecular flexibility index (Phi) is 4.55. The second kappa shape index (κ2) is 5.99. The number of amides is 1. The van der Waals surface area contributed by atoms with Crippen LogP contribution in [0.1, 0.15) is 43.0 Å². The van der Waals surface area contributed by atoms with Gasteiger partial charge in [-0.1, -0.05) is 28.8 Å². The Hall–Kier alpha value is -0.970. The molecule has 1 aliphatic carbocycles. The van der Waals surface area contributed by atoms with Crippen LogP contribution in [0.4, 0.5) is 8.78 Å². The van der Waals surface area contributed by atoms with Gasteiger partial charge in [-0.25, -0.2) is 8.78 Å². The van der Waals surface area contributed by atoms with Crippen molar-refractivity contribution in [3.05, 3.63) is 33.8 Å². The molecule has 104 valence electrons. The summed E-state index contributed by atoms with van der Waals surface area (Å²) < 4.78 is 28.0. The molecule has 0 radical (unpaired) electrons. The summed E-state index contributed by atoms with van der Waals surface area (Å²) in [5.41, 5.74) is -0.447. The van der Waals surface area contributed by atoms with E-state index >= 15 is 0 Å². The standard InChI is InChI=1S/C14H16BrF2NO/c1-2-18(10-5-3-4-6-10)14(19)13-11(16)7-9(15)8-12(13)17/h7-8,10H,2-6H2,1H3. The monoisotopic (exact) mass is 331 g/mol. The van der Waals surface area contributed by atoms with Crippen LogP contribution in [0.25, 0.3) is 0 Å². The Bertz CT molecular complexity index is 463. The zero-order valence-electron chi connectivity index (χ0n) is 10.8. The maximum atomic E-state index is 13.8. The first kappa shape index (κ1) is 14.4. The molecule has 0 bridgehead atoms. The molecule has 0 atom stereocenters. The van der Waals surface area contributed by atoms with Crippen molar-refractivity contribution >= 4 is 21.8 Å². The molecule has 0 heterocycles. The summed E-state index contributed by atoms with van der Waals surface area (Å²) in [4.78, 5) is 13.9. The van der Waals surface area contributed by atoms with E-state index in [0.29, 0.717) is 11.0 Å². The van der Waals surface area contributed by atoms with Gasteiger partial charge in [-0.15, -0.1) is 0 Å². The summed E-state index contributed by atoms with van der Waals surface area (Å²) in [6.45, 7) is 2.31. The van der Waals surface area contributed by atoms with Crippen molar-refractivity contribution in [2.75, 3.05) is 6.54 Å². The van der Waals surface area contributed by atoms with E-state index in [9.17, 15) is 13.6 Å². The minimum Gasteiger partial charge on any atom is -0.336 e. The van der Waals surface area contributed by atoms with Crippen molar-refractivity contribution < 1.29 is 13.6 Å². The van der Waals surface area contributed by atoms with E-state index in [1.807, 2.05) is 6.92 Å². The summed E-state index contributed by atoms with van der Waals surface area (Å²) in [5, 5.41) is 0. The summed E-state index contributed by atoms with van der Waals surface area (Å²) in [6, 6.07) is 2.36. The molecule has 1 amide bonds. The minimum atomic E-state index is -0.812. The third kappa shape index (κ3) is 2.96. The molecule has 1 aliphatic rings. The highest BCUT2D eigenvalue weighted by Crippen LogP contribution is 2.27. The lowest BCUT2D eigenvalue weighted by atomic mass is 10.1. The maximum Gasteiger partial charge on any atom is 0.260 e. The number of rotatable bonds is 3. The lowest BCUT2D eigenvalue weighted by Crippen LogP contribution is -2.39. The van der Waals surface area contributed by atoms with Gasteiger partial charge in [0.15, 0.2) is 0 Å². The van der Waals surface area contributed by atoms with Gasteiger partial charge in [0.1, 0.15) is 17.2 Å². The summed E-state index contributed by atoms with van der Waals surface area (Å²) >= 11 is 3.01. The lowest BCUT2D eigenvalue weighted by molar-refractivity contribution is 0.0683. The van der Waals surface area contributed by atoms with E-state index in [-0.39, 0.29) is 6.04 Å². The SMILES string of the molecule is CCN(C(=O)c1c(F)cc(Br)cc1F)C1CCCC1. The molecular formula is C14H16BrF2NO. The van der Waals surface area contributed by atoms with Crippen LogP contribution in [0.5, 0.6) is 0 Å². The Labute approximate surface area is 119 Å². The smallest absolute Gasteiger partial charge is 0.260 e. The number of hydrogen-bond acceptors (Lipinski definition) is 1. The first-order valence-electron chi connectivity index (χ1n) is 6.50. The average Bonchev–Trinajstić information content (AvgIpc) is 2.82. The van der Waals surface area contributed by atoms with E-state index in [4.69, 9.17) is 0 Å². The highest BCUT2D eigenvalue weighted by atomic mass is 79.9. The normalized spacial score (nSPS) is 15.8. The molecule has 1 fully saturated rings. The Morgan fingerprint density at radius 2 is 1.84 bits per heavy atom. The number of carbonyl (C=O) groups is 1. The Morgan fingerprint density at radius 3 is 2.32 bits per heavy atom. The Balaban J connectivity index is 2.32. The molecule has 19 heavy (non-hydrogen) atoms. The first-order valence-corrected chi connectivity index (χ1v) is 7.29. The molecule has 0 saturated heterocycles. The van der Waals surface area contributed by atoms with Gasteiger partial charge < -0.3 is 4.90 Å². The second-order valence-corrected chi connectivity index (χ2v) is 5.69. The summed E-state index contributed by atoms with van der Waals surface area (Å²) in [5.74, 6) is -2.17. The van der Waals surface area contributed by atoms with Gasteiger partial charge in [0.25, 0.3) is 5.91 Å². The third-order valence-electron chi connectivity index (χ3n) is 3.59. The van der Waals surface area contributed by atoms with Gasteiger partial charge in [0, 0.05) is 17.1 Å². The predicted molar refractivity (Wildman–Crippen MR) is 73.0 cm³/mol. The number of carbonyl (C=O) groups excluding carboxylic acids is 1. The predicted octanol–water partition coefficient (Wildman–Crippen LogP) is 4.13. The topological polar surface area (TPSA) is 20.3 Å². The third-order valence-corrected chi connectivity index (χ3v) is 4.05. The van der Waals surface area contributed by atoms with Gasteiger partial charge in [-0.3, -0.25) is 4.79 Å². The minimum absolute atomic E-state index is 0.111. The molecule has 5 heteroatoms. The van der Waals surface area contributed by atoms with Crippen molar-refractivity contribution in [3.8, 4) is 0 Å². The van der Waals surface area contributed by atoms with Crippen LogP contribution < -0.4 is 0 Å². The number of hydrogen-bond donors (Lipinski definition) is 0. The van der Waals surface area contributed by atoms with Crippen molar-refractivity contribution in [3.63, 3.8) is 0 Å². The highest BCUT2D eigenvalue weighted by Gasteiger charge is 2.29. The van der Waals surface area contributed by atoms with Crippen LogP contribution in [0.15, 0.2) is 16.6 Å². The van der Waals surface area contributed by atoms with Gasteiger partial charge in [-0.05, 0) is 31.9 Å². The van der Waals surface area contributed by atoms with Crippen molar-refractivity contribution in [2.24, 2.45) is 0 Å². The number of benzene rings is 1. The molecule has 2 rings (SSSR count). The van der Waals surface area contributed by atoms with Crippen LogP contribution in [-0.2, 0) is 0 Å². The first-order chi connectivity index (χ1) is 9.04. The lowest BCUT2D eigenvalue weighted by Gasteiger charge is -2.28. The molecule has 2 nitrogen and oxygen atoms in total. The average molecular weight is 332 g/mol. The molecule has 0 N–H and O–H groups in total. The second-order valence-electron chi connectivity index (χ2n) is 4.77. The molecule has 0 spiro atoms. The molecule has 0 unspecified atom stereocenters. The van der Waals surface area contributed by atoms with Gasteiger partial charge in [0.2, 0.25) is 0 Å². The molecule has 1 aromatic rings. The van der Waals surface area contributed by atoms with E-state index in [1.54, 1.807) is 4.90 Å². The van der Waals surface area contributed by atoms with Gasteiger partial charge >= 0.3 is 0 Å². The molecule has 1 saturated carbocycles. The van der Waals surface area contributed by atoms with Gasteiger partial charge in [0.05, 0.1) is 0 Å². The zero-order valence-corrected chi connectivity index (χ0v) is 12.3. The van der Waals surface area contributed by atoms with E-state index in [0.717, 1.165) is 37.8 Å². The van der Waals surface area contributed by atoms with E-state index in [2.05, 4.69) is 15.9 Å². The number of nitrogens with zero attached hydrogens (tertiary/aromatic N) is 1. The van der Waals surface area contributed by atoms with Crippen LogP contribution in [-0.4, -0.2) is 23.4 Å². The van der Waals surface area contributed by atoms with Crippen LogP contribution >= 0.6 is 15.9 Å². The summed E-state index contributed by atoms with van der Waals surface area (Å²) in [7, 11) is 0. The fraction of sp³-hybridized carbons (Fsp3) is 0.500.